The highest BCUT2D eigenvalue weighted by molar-refractivity contribution is 5.62. The van der Waals surface area contributed by atoms with Crippen LogP contribution in [0.4, 0.5) is 17.3 Å². The lowest BCUT2D eigenvalue weighted by atomic mass is 10.1. The molecule has 0 unspecified atom stereocenters. The molecule has 0 spiro atoms. The van der Waals surface area contributed by atoms with E-state index in [1.165, 1.54) is 11.1 Å². The summed E-state index contributed by atoms with van der Waals surface area (Å²) in [5.41, 5.74) is 3.56. The van der Waals surface area contributed by atoms with Crippen LogP contribution in [-0.4, -0.2) is 16.5 Å². The number of hydrogen-bond donors (Lipinski definition) is 2. The highest BCUT2D eigenvalue weighted by Gasteiger charge is 2.03. The van der Waals surface area contributed by atoms with E-state index >= 15 is 0 Å². The SMILES string of the molecule is CCNc1cncc(Nc2cccc(C)c2C)n1. The van der Waals surface area contributed by atoms with E-state index in [-0.39, 0.29) is 0 Å². The third kappa shape index (κ3) is 2.77. The Morgan fingerprint density at radius 3 is 2.67 bits per heavy atom. The van der Waals surface area contributed by atoms with E-state index < -0.39 is 0 Å². The summed E-state index contributed by atoms with van der Waals surface area (Å²) in [4.78, 5) is 8.61. The van der Waals surface area contributed by atoms with Crippen LogP contribution in [0, 0.1) is 13.8 Å². The first-order chi connectivity index (χ1) is 8.70. The Morgan fingerprint density at radius 2 is 1.89 bits per heavy atom. The average molecular weight is 242 g/mol. The predicted molar refractivity (Wildman–Crippen MR) is 75.4 cm³/mol. The highest BCUT2D eigenvalue weighted by atomic mass is 15.1. The van der Waals surface area contributed by atoms with Crippen molar-refractivity contribution in [3.63, 3.8) is 0 Å². The van der Waals surface area contributed by atoms with Crippen molar-refractivity contribution in [2.24, 2.45) is 0 Å². The van der Waals surface area contributed by atoms with Gasteiger partial charge in [0.15, 0.2) is 5.82 Å². The summed E-state index contributed by atoms with van der Waals surface area (Å²) < 4.78 is 0. The van der Waals surface area contributed by atoms with Gasteiger partial charge < -0.3 is 10.6 Å². The minimum atomic E-state index is 0.752. The zero-order valence-corrected chi connectivity index (χ0v) is 11.0. The van der Waals surface area contributed by atoms with Crippen molar-refractivity contribution in [2.45, 2.75) is 20.8 Å². The van der Waals surface area contributed by atoms with Crippen molar-refractivity contribution in [1.29, 1.82) is 0 Å². The molecule has 94 valence electrons. The van der Waals surface area contributed by atoms with Gasteiger partial charge in [0, 0.05) is 12.2 Å². The molecule has 1 aromatic heterocycles. The molecule has 0 saturated heterocycles. The normalized spacial score (nSPS) is 10.2. The number of hydrogen-bond acceptors (Lipinski definition) is 4. The summed E-state index contributed by atoms with van der Waals surface area (Å²) in [7, 11) is 0. The van der Waals surface area contributed by atoms with Crippen LogP contribution < -0.4 is 10.6 Å². The van der Waals surface area contributed by atoms with Gasteiger partial charge in [-0.05, 0) is 38.0 Å². The molecule has 2 N–H and O–H groups in total. The van der Waals surface area contributed by atoms with Gasteiger partial charge in [0.05, 0.1) is 12.4 Å². The maximum absolute atomic E-state index is 4.44. The second-order valence-corrected chi connectivity index (χ2v) is 4.19. The van der Waals surface area contributed by atoms with Crippen molar-refractivity contribution < 1.29 is 0 Å². The highest BCUT2D eigenvalue weighted by Crippen LogP contribution is 2.21. The Hall–Kier alpha value is -2.10. The van der Waals surface area contributed by atoms with Crippen molar-refractivity contribution in [2.75, 3.05) is 17.2 Å². The standard InChI is InChI=1S/C14H18N4/c1-4-16-13-8-15-9-14(18-13)17-12-7-5-6-10(2)11(12)3/h5-9H,4H2,1-3H3,(H2,16,17,18). The molecule has 4 nitrogen and oxygen atoms in total. The third-order valence-electron chi connectivity index (χ3n) is 2.86. The van der Waals surface area contributed by atoms with Crippen molar-refractivity contribution in [3.8, 4) is 0 Å². The number of anilines is 3. The fourth-order valence-corrected chi connectivity index (χ4v) is 1.72. The Morgan fingerprint density at radius 1 is 1.11 bits per heavy atom. The molecule has 2 aromatic rings. The van der Waals surface area contributed by atoms with Crippen LogP contribution in [0.1, 0.15) is 18.1 Å². The smallest absolute Gasteiger partial charge is 0.151 e. The molecule has 0 fully saturated rings. The van der Waals surface area contributed by atoms with Gasteiger partial charge in [-0.1, -0.05) is 12.1 Å². The van der Waals surface area contributed by atoms with E-state index in [1.54, 1.807) is 12.4 Å². The van der Waals surface area contributed by atoms with Crippen LogP contribution in [0.5, 0.6) is 0 Å². The van der Waals surface area contributed by atoms with Crippen LogP contribution in [0.25, 0.3) is 0 Å². The largest absolute Gasteiger partial charge is 0.369 e. The lowest BCUT2D eigenvalue weighted by Crippen LogP contribution is -2.03. The lowest BCUT2D eigenvalue weighted by molar-refractivity contribution is 1.12. The van der Waals surface area contributed by atoms with E-state index in [9.17, 15) is 0 Å². The number of nitrogens with one attached hydrogen (secondary N) is 2. The molecule has 0 amide bonds. The lowest BCUT2D eigenvalue weighted by Gasteiger charge is -2.11. The zero-order chi connectivity index (χ0) is 13.0. The fourth-order valence-electron chi connectivity index (χ4n) is 1.72. The summed E-state index contributed by atoms with van der Waals surface area (Å²) in [5, 5.41) is 6.44. The van der Waals surface area contributed by atoms with Crippen LogP contribution >= 0.6 is 0 Å². The first-order valence-electron chi connectivity index (χ1n) is 6.10. The molecule has 0 saturated carbocycles. The molecule has 0 atom stereocenters. The zero-order valence-electron chi connectivity index (χ0n) is 11.0. The Balaban J connectivity index is 2.23. The van der Waals surface area contributed by atoms with E-state index in [2.05, 4.69) is 40.5 Å². The fraction of sp³-hybridized carbons (Fsp3) is 0.286. The summed E-state index contributed by atoms with van der Waals surface area (Å²) in [5.74, 6) is 1.54. The van der Waals surface area contributed by atoms with Crippen LogP contribution in [-0.2, 0) is 0 Å². The van der Waals surface area contributed by atoms with Crippen LogP contribution in [0.15, 0.2) is 30.6 Å². The number of aryl methyl sites for hydroxylation is 1. The van der Waals surface area contributed by atoms with Gasteiger partial charge in [0.1, 0.15) is 5.82 Å². The summed E-state index contributed by atoms with van der Waals surface area (Å²) in [6.07, 6.45) is 3.44. The van der Waals surface area contributed by atoms with E-state index in [1.807, 2.05) is 19.1 Å². The van der Waals surface area contributed by atoms with Crippen LogP contribution in [0.3, 0.4) is 0 Å². The number of nitrogens with zero attached hydrogens (tertiary/aromatic N) is 2. The van der Waals surface area contributed by atoms with E-state index in [4.69, 9.17) is 0 Å². The molecule has 0 bridgehead atoms. The maximum Gasteiger partial charge on any atom is 0.151 e. The van der Waals surface area contributed by atoms with Crippen LogP contribution in [0.2, 0.25) is 0 Å². The quantitative estimate of drug-likeness (QED) is 0.864. The molecule has 1 heterocycles. The monoisotopic (exact) mass is 242 g/mol. The summed E-state index contributed by atoms with van der Waals surface area (Å²) >= 11 is 0. The molecular weight excluding hydrogens is 224 g/mol. The Kier molecular flexibility index (Phi) is 3.77. The minimum Gasteiger partial charge on any atom is -0.369 e. The molecule has 0 aliphatic carbocycles. The molecule has 0 aliphatic rings. The maximum atomic E-state index is 4.44. The van der Waals surface area contributed by atoms with E-state index in [0.717, 1.165) is 23.9 Å². The van der Waals surface area contributed by atoms with Crippen molar-refractivity contribution in [1.82, 2.24) is 9.97 Å². The van der Waals surface area contributed by atoms with Gasteiger partial charge in [-0.25, -0.2) is 4.98 Å². The molecular formula is C14H18N4. The summed E-state index contributed by atoms with van der Waals surface area (Å²) in [6.45, 7) is 7.06. The first kappa shape index (κ1) is 12.4. The van der Waals surface area contributed by atoms with E-state index in [0.29, 0.717) is 0 Å². The minimum absolute atomic E-state index is 0.752. The average Bonchev–Trinajstić information content (AvgIpc) is 2.36. The second-order valence-electron chi connectivity index (χ2n) is 4.19. The van der Waals surface area contributed by atoms with Gasteiger partial charge in [-0.15, -0.1) is 0 Å². The predicted octanol–water partition coefficient (Wildman–Crippen LogP) is 3.27. The molecule has 2 rings (SSSR count). The number of benzene rings is 1. The molecule has 1 aromatic carbocycles. The van der Waals surface area contributed by atoms with Crippen molar-refractivity contribution in [3.05, 3.63) is 41.7 Å². The first-order valence-corrected chi connectivity index (χ1v) is 6.10. The molecule has 0 radical (unpaired) electrons. The Bertz CT molecular complexity index is 537. The van der Waals surface area contributed by atoms with Crippen molar-refractivity contribution >= 4 is 17.3 Å². The Labute approximate surface area is 107 Å². The molecule has 18 heavy (non-hydrogen) atoms. The molecule has 4 heteroatoms. The van der Waals surface area contributed by atoms with Gasteiger partial charge in [0.25, 0.3) is 0 Å². The van der Waals surface area contributed by atoms with Gasteiger partial charge in [-0.2, -0.15) is 0 Å². The van der Waals surface area contributed by atoms with Gasteiger partial charge in [0.2, 0.25) is 0 Å². The molecule has 0 aliphatic heterocycles. The third-order valence-corrected chi connectivity index (χ3v) is 2.86. The summed E-state index contributed by atoms with van der Waals surface area (Å²) in [6, 6.07) is 6.18. The topological polar surface area (TPSA) is 49.8 Å². The number of aromatic nitrogens is 2. The van der Waals surface area contributed by atoms with Gasteiger partial charge in [-0.3, -0.25) is 4.98 Å². The number of rotatable bonds is 4. The second kappa shape index (κ2) is 5.49. The van der Waals surface area contributed by atoms with Gasteiger partial charge >= 0.3 is 0 Å².